The summed E-state index contributed by atoms with van der Waals surface area (Å²) in [5.41, 5.74) is 1.91. The molecule has 1 fully saturated rings. The van der Waals surface area contributed by atoms with Gasteiger partial charge in [0.1, 0.15) is 0 Å². The number of aryl methyl sites for hydroxylation is 1. The molecule has 0 aliphatic heterocycles. The Morgan fingerprint density at radius 2 is 2.05 bits per heavy atom. The van der Waals surface area contributed by atoms with Gasteiger partial charge in [0.2, 0.25) is 10.0 Å². The van der Waals surface area contributed by atoms with E-state index in [9.17, 15) is 8.42 Å². The number of sulfonamides is 1. The molecular weight excluding hydrogens is 282 g/mol. The van der Waals surface area contributed by atoms with Crippen LogP contribution in [0, 0.1) is 12.8 Å². The van der Waals surface area contributed by atoms with Crippen molar-refractivity contribution in [3.8, 4) is 0 Å². The van der Waals surface area contributed by atoms with Gasteiger partial charge in [-0.1, -0.05) is 13.0 Å². The van der Waals surface area contributed by atoms with E-state index in [1.165, 1.54) is 0 Å². The molecule has 0 bridgehead atoms. The lowest BCUT2D eigenvalue weighted by Crippen LogP contribution is -2.32. The van der Waals surface area contributed by atoms with Crippen molar-refractivity contribution in [3.63, 3.8) is 0 Å². The number of alkyl halides is 1. The smallest absolute Gasteiger partial charge is 0.207 e. The molecule has 0 N–H and O–H groups in total. The maximum absolute atomic E-state index is 12.6. The van der Waals surface area contributed by atoms with Gasteiger partial charge in [0.15, 0.2) is 0 Å². The molecule has 3 nitrogen and oxygen atoms in total. The van der Waals surface area contributed by atoms with Crippen molar-refractivity contribution in [2.75, 3.05) is 13.1 Å². The molecule has 0 radical (unpaired) electrons. The Kier molecular flexibility index (Phi) is 4.54. The van der Waals surface area contributed by atoms with E-state index in [1.807, 2.05) is 13.8 Å². The molecule has 0 atom stereocenters. The van der Waals surface area contributed by atoms with Crippen LogP contribution in [0.5, 0.6) is 0 Å². The Hall–Kier alpha value is -0.580. The molecule has 1 aromatic rings. The summed E-state index contributed by atoms with van der Waals surface area (Å²) in [6, 6.07) is 5.19. The Morgan fingerprint density at radius 1 is 1.37 bits per heavy atom. The summed E-state index contributed by atoms with van der Waals surface area (Å²) in [6.07, 6.45) is 2.30. The Balaban J connectivity index is 2.28. The Labute approximate surface area is 120 Å². The first-order valence-corrected chi connectivity index (χ1v) is 8.62. The van der Waals surface area contributed by atoms with Crippen LogP contribution in [0.4, 0.5) is 0 Å². The lowest BCUT2D eigenvalue weighted by molar-refractivity contribution is 0.412. The molecule has 1 saturated carbocycles. The first kappa shape index (κ1) is 14.8. The van der Waals surface area contributed by atoms with Gasteiger partial charge in [0.05, 0.1) is 4.90 Å². The summed E-state index contributed by atoms with van der Waals surface area (Å²) in [5, 5.41) is 0. The summed E-state index contributed by atoms with van der Waals surface area (Å²) in [5.74, 6) is 0.962. The van der Waals surface area contributed by atoms with Gasteiger partial charge in [0.25, 0.3) is 0 Å². The molecule has 1 aromatic carbocycles. The summed E-state index contributed by atoms with van der Waals surface area (Å²) < 4.78 is 26.7. The summed E-state index contributed by atoms with van der Waals surface area (Å²) in [7, 11) is -3.36. The first-order valence-electron chi connectivity index (χ1n) is 6.64. The van der Waals surface area contributed by atoms with Crippen LogP contribution in [0.25, 0.3) is 0 Å². The molecule has 0 unspecified atom stereocenters. The lowest BCUT2D eigenvalue weighted by Gasteiger charge is -2.20. The van der Waals surface area contributed by atoms with Crippen LogP contribution in [0.15, 0.2) is 23.1 Å². The maximum Gasteiger partial charge on any atom is 0.243 e. The van der Waals surface area contributed by atoms with Gasteiger partial charge in [-0.2, -0.15) is 4.31 Å². The van der Waals surface area contributed by atoms with Crippen LogP contribution < -0.4 is 0 Å². The molecule has 0 aromatic heterocycles. The zero-order valence-electron chi connectivity index (χ0n) is 11.4. The number of nitrogens with zero attached hydrogens (tertiary/aromatic N) is 1. The van der Waals surface area contributed by atoms with Crippen molar-refractivity contribution in [2.45, 2.75) is 37.5 Å². The van der Waals surface area contributed by atoms with Gasteiger partial charge in [0, 0.05) is 19.0 Å². The highest BCUT2D eigenvalue weighted by atomic mass is 35.5. The topological polar surface area (TPSA) is 37.4 Å². The largest absolute Gasteiger partial charge is 0.243 e. The minimum Gasteiger partial charge on any atom is -0.207 e. The van der Waals surface area contributed by atoms with E-state index in [-0.39, 0.29) is 0 Å². The zero-order chi connectivity index (χ0) is 14.0. The molecule has 1 aliphatic carbocycles. The van der Waals surface area contributed by atoms with Gasteiger partial charge in [-0.15, -0.1) is 11.6 Å². The van der Waals surface area contributed by atoms with Crippen molar-refractivity contribution < 1.29 is 8.42 Å². The second-order valence-electron chi connectivity index (χ2n) is 5.12. The third-order valence-corrected chi connectivity index (χ3v) is 5.83. The van der Waals surface area contributed by atoms with E-state index >= 15 is 0 Å². The third kappa shape index (κ3) is 3.30. The van der Waals surface area contributed by atoms with Gasteiger partial charge >= 0.3 is 0 Å². The summed E-state index contributed by atoms with van der Waals surface area (Å²) in [4.78, 5) is 0.376. The third-order valence-electron chi connectivity index (χ3n) is 3.61. The minimum absolute atomic E-state index is 0.376. The van der Waals surface area contributed by atoms with E-state index < -0.39 is 10.0 Å². The fraction of sp³-hybridized carbons (Fsp3) is 0.571. The molecule has 1 aliphatic rings. The van der Waals surface area contributed by atoms with Crippen molar-refractivity contribution >= 4 is 21.6 Å². The highest BCUT2D eigenvalue weighted by Gasteiger charge is 2.30. The number of hydrogen-bond donors (Lipinski definition) is 0. The lowest BCUT2D eigenvalue weighted by atomic mass is 10.1. The average molecular weight is 302 g/mol. The highest BCUT2D eigenvalue weighted by molar-refractivity contribution is 7.89. The number of hydrogen-bond acceptors (Lipinski definition) is 2. The second-order valence-corrected chi connectivity index (χ2v) is 7.33. The van der Waals surface area contributed by atoms with Crippen LogP contribution in [0.2, 0.25) is 0 Å². The number of halogens is 1. The maximum atomic E-state index is 12.6. The van der Waals surface area contributed by atoms with Crippen molar-refractivity contribution in [3.05, 3.63) is 29.3 Å². The zero-order valence-corrected chi connectivity index (χ0v) is 13.0. The molecule has 19 heavy (non-hydrogen) atoms. The summed E-state index contributed by atoms with van der Waals surface area (Å²) in [6.45, 7) is 4.96. The Morgan fingerprint density at radius 3 is 2.53 bits per heavy atom. The minimum atomic E-state index is -3.36. The normalized spacial score (nSPS) is 16.0. The van der Waals surface area contributed by atoms with Crippen molar-refractivity contribution in [1.29, 1.82) is 0 Å². The molecule has 0 saturated heterocycles. The van der Waals surface area contributed by atoms with Crippen LogP contribution in [0.3, 0.4) is 0 Å². The second kappa shape index (κ2) is 5.81. The quantitative estimate of drug-likeness (QED) is 0.757. The Bertz CT molecular complexity index is 553. The number of benzene rings is 1. The van der Waals surface area contributed by atoms with E-state index in [1.54, 1.807) is 22.5 Å². The molecule has 0 heterocycles. The number of rotatable bonds is 6. The fourth-order valence-electron chi connectivity index (χ4n) is 2.11. The van der Waals surface area contributed by atoms with E-state index in [0.29, 0.717) is 29.8 Å². The van der Waals surface area contributed by atoms with E-state index in [4.69, 9.17) is 11.6 Å². The fourth-order valence-corrected chi connectivity index (χ4v) is 4.02. The highest BCUT2D eigenvalue weighted by Crippen LogP contribution is 2.31. The van der Waals surface area contributed by atoms with Gasteiger partial charge in [-0.3, -0.25) is 0 Å². The van der Waals surface area contributed by atoms with Gasteiger partial charge in [-0.05, 0) is 48.9 Å². The van der Waals surface area contributed by atoms with Gasteiger partial charge < -0.3 is 0 Å². The average Bonchev–Trinajstić information content (AvgIpc) is 3.19. The van der Waals surface area contributed by atoms with E-state index in [2.05, 4.69) is 0 Å². The van der Waals surface area contributed by atoms with Crippen molar-refractivity contribution in [1.82, 2.24) is 4.31 Å². The van der Waals surface area contributed by atoms with E-state index in [0.717, 1.165) is 24.0 Å². The molecule has 0 amide bonds. The predicted octanol–water partition coefficient (Wildman–Crippen LogP) is 3.15. The SMILES string of the molecule is CCN(CC1CC1)S(=O)(=O)c1ccc(CCl)c(C)c1. The predicted molar refractivity (Wildman–Crippen MR) is 77.9 cm³/mol. The molecular formula is C14H20ClNO2S. The molecule has 2 rings (SSSR count). The van der Waals surface area contributed by atoms with Crippen LogP contribution >= 0.6 is 11.6 Å². The summed E-state index contributed by atoms with van der Waals surface area (Å²) >= 11 is 5.81. The molecule has 5 heteroatoms. The van der Waals surface area contributed by atoms with Crippen molar-refractivity contribution in [2.24, 2.45) is 5.92 Å². The van der Waals surface area contributed by atoms with Crippen LogP contribution in [-0.4, -0.2) is 25.8 Å². The molecule has 0 spiro atoms. The van der Waals surface area contributed by atoms with Crippen LogP contribution in [0.1, 0.15) is 30.9 Å². The monoisotopic (exact) mass is 301 g/mol. The van der Waals surface area contributed by atoms with Gasteiger partial charge in [-0.25, -0.2) is 8.42 Å². The standard InChI is InChI=1S/C14H20ClNO2S/c1-3-16(10-12-4-5-12)19(17,18)14-7-6-13(9-15)11(2)8-14/h6-8,12H,3-5,9-10H2,1-2H3. The first-order chi connectivity index (χ1) is 8.98. The van der Waals surface area contributed by atoms with Crippen LogP contribution in [-0.2, 0) is 15.9 Å². The molecule has 106 valence electrons.